The Labute approximate surface area is 326 Å². The van der Waals surface area contributed by atoms with Crippen molar-refractivity contribution >= 4 is 35.7 Å². The average molecular weight is 764 g/mol. The Balaban J connectivity index is 1.56. The number of aryl methyl sites for hydroxylation is 2. The number of nitrogens with one attached hydrogen (secondary N) is 4. The van der Waals surface area contributed by atoms with Crippen molar-refractivity contribution in [2.24, 2.45) is 10.9 Å². The maximum atomic E-state index is 14.1. The van der Waals surface area contributed by atoms with Crippen LogP contribution in [0.2, 0.25) is 0 Å². The molecule has 4 aromatic carbocycles. The molecule has 3 atom stereocenters. The second-order valence-corrected chi connectivity index (χ2v) is 13.5. The second-order valence-electron chi connectivity index (χ2n) is 13.5. The monoisotopic (exact) mass is 763 g/mol. The van der Waals surface area contributed by atoms with Gasteiger partial charge in [-0.3, -0.25) is 25.0 Å². The molecular formula is C43H49N5O8. The predicted octanol–water partition coefficient (Wildman–Crippen LogP) is 5.59. The number of nitrogens with zero attached hydrogens (tertiary/aromatic N) is 1. The van der Waals surface area contributed by atoms with E-state index < -0.39 is 41.8 Å². The summed E-state index contributed by atoms with van der Waals surface area (Å²) in [5, 5.41) is 20.8. The van der Waals surface area contributed by atoms with E-state index in [0.29, 0.717) is 23.1 Å². The molecule has 4 amide bonds. The number of ether oxygens (including phenoxy) is 2. The molecular weight excluding hydrogens is 714 g/mol. The number of amides is 4. The molecule has 0 aliphatic carbocycles. The molecule has 0 heterocycles. The highest BCUT2D eigenvalue weighted by Gasteiger charge is 2.27. The van der Waals surface area contributed by atoms with Crippen LogP contribution in [-0.2, 0) is 49.9 Å². The lowest BCUT2D eigenvalue weighted by Gasteiger charge is -2.21. The molecule has 294 valence electrons. The predicted molar refractivity (Wildman–Crippen MR) is 212 cm³/mol. The molecule has 0 saturated heterocycles. The number of Topliss-reactive ketones (excluding diaryl/α,β-unsaturated/α-hetero) is 1. The van der Waals surface area contributed by atoms with Gasteiger partial charge in [-0.1, -0.05) is 97.9 Å². The number of carbonyl (C=O) groups is 5. The number of alkyl carbamates (subject to hydrolysis) is 2. The summed E-state index contributed by atoms with van der Waals surface area (Å²) in [6, 6.07) is 29.0. The van der Waals surface area contributed by atoms with Crippen molar-refractivity contribution in [3.05, 3.63) is 137 Å². The minimum absolute atomic E-state index is 0.0117. The molecule has 0 radical (unpaired) electrons. The smallest absolute Gasteiger partial charge is 0.414 e. The van der Waals surface area contributed by atoms with Crippen LogP contribution in [0.15, 0.2) is 108 Å². The quantitative estimate of drug-likeness (QED) is 0.0723. The van der Waals surface area contributed by atoms with Crippen molar-refractivity contribution in [3.8, 4) is 5.75 Å². The van der Waals surface area contributed by atoms with E-state index in [2.05, 4.69) is 26.3 Å². The van der Waals surface area contributed by atoms with Crippen molar-refractivity contribution in [1.82, 2.24) is 21.3 Å². The zero-order valence-electron chi connectivity index (χ0n) is 32.0. The Bertz CT molecular complexity index is 1890. The molecule has 4 rings (SSSR count). The van der Waals surface area contributed by atoms with Crippen LogP contribution in [0.25, 0.3) is 0 Å². The first-order valence-corrected chi connectivity index (χ1v) is 18.3. The maximum absolute atomic E-state index is 14.1. The number of hydrogen-bond acceptors (Lipinski definition) is 9. The van der Waals surface area contributed by atoms with Crippen molar-refractivity contribution in [1.29, 1.82) is 0 Å². The second kappa shape index (κ2) is 21.4. The number of hydrogen-bond donors (Lipinski definition) is 5. The van der Waals surface area contributed by atoms with Gasteiger partial charge in [0, 0.05) is 32.2 Å². The molecule has 0 aliphatic heterocycles. The zero-order chi connectivity index (χ0) is 40.5. The lowest BCUT2D eigenvalue weighted by atomic mass is 9.91. The third kappa shape index (κ3) is 14.4. The summed E-state index contributed by atoms with van der Waals surface area (Å²) in [7, 11) is 0. The van der Waals surface area contributed by atoms with Gasteiger partial charge in [0.1, 0.15) is 25.0 Å². The summed E-state index contributed by atoms with van der Waals surface area (Å²) in [6.07, 6.45) is -1.64. The number of aromatic hydroxyl groups is 1. The summed E-state index contributed by atoms with van der Waals surface area (Å²) >= 11 is 0. The van der Waals surface area contributed by atoms with E-state index in [9.17, 15) is 29.1 Å². The van der Waals surface area contributed by atoms with Gasteiger partial charge in [-0.25, -0.2) is 14.6 Å². The number of phenolic OH excluding ortho intramolecular Hbond substituents is 1. The average Bonchev–Trinajstić information content (AvgIpc) is 3.17. The number of guanidine groups is 1. The Morgan fingerprint density at radius 2 is 1.20 bits per heavy atom. The van der Waals surface area contributed by atoms with E-state index in [1.807, 2.05) is 42.5 Å². The fourth-order valence-corrected chi connectivity index (χ4v) is 5.97. The molecule has 0 spiro atoms. The van der Waals surface area contributed by atoms with Crippen LogP contribution < -0.4 is 21.3 Å². The van der Waals surface area contributed by atoms with Crippen molar-refractivity contribution in [3.63, 3.8) is 0 Å². The van der Waals surface area contributed by atoms with E-state index in [1.165, 1.54) is 6.92 Å². The fourth-order valence-electron chi connectivity index (χ4n) is 5.97. The van der Waals surface area contributed by atoms with Gasteiger partial charge in [-0.05, 0) is 65.8 Å². The molecule has 13 heteroatoms. The summed E-state index contributed by atoms with van der Waals surface area (Å²) in [5.74, 6) is -2.27. The van der Waals surface area contributed by atoms with Gasteiger partial charge in [-0.2, -0.15) is 0 Å². The standard InChI is InChI=1S/C43H49N5O8/c1-28-20-36(50)21-29(2)37(28)24-38(39(51)22-30(3)40(52)44-25-35(45-31(4)49)23-32-14-8-5-9-15-32)46-41(47-42(53)55-26-33-16-10-6-11-17-33)48-43(54)56-27-34-18-12-7-13-19-34/h5-21,30,35,38,50H,22-27H2,1-4H3,(H,44,52)(H,45,49)(H2,46,47,48,53,54)/t30-,35-,38-/m0/s1. The van der Waals surface area contributed by atoms with Crippen LogP contribution >= 0.6 is 0 Å². The van der Waals surface area contributed by atoms with Gasteiger partial charge < -0.3 is 25.2 Å². The molecule has 4 aromatic rings. The molecule has 0 fully saturated rings. The third-order valence-corrected chi connectivity index (χ3v) is 8.81. The van der Waals surface area contributed by atoms with Crippen LogP contribution in [0.4, 0.5) is 9.59 Å². The van der Waals surface area contributed by atoms with Crippen LogP contribution in [0.3, 0.4) is 0 Å². The Kier molecular flexibility index (Phi) is 16.1. The Morgan fingerprint density at radius 3 is 1.68 bits per heavy atom. The van der Waals surface area contributed by atoms with E-state index in [1.54, 1.807) is 81.4 Å². The minimum atomic E-state index is -1.21. The van der Waals surface area contributed by atoms with Crippen molar-refractivity contribution in [2.75, 3.05) is 6.54 Å². The van der Waals surface area contributed by atoms with Gasteiger partial charge in [0.05, 0.1) is 6.04 Å². The number of ketones is 1. The lowest BCUT2D eigenvalue weighted by molar-refractivity contribution is -0.129. The first-order valence-electron chi connectivity index (χ1n) is 18.3. The number of rotatable bonds is 16. The summed E-state index contributed by atoms with van der Waals surface area (Å²) in [5.41, 5.74) is 4.51. The molecule has 0 saturated carbocycles. The number of phenols is 1. The molecule has 0 aromatic heterocycles. The first-order chi connectivity index (χ1) is 26.9. The SMILES string of the molecule is CC(=O)N[C@H](CNC(=O)[C@@H](C)CC(=O)[C@H](Cc1c(C)cc(O)cc1C)N=C(NC(=O)OCc1ccccc1)NC(=O)OCc1ccccc1)Cc1ccccc1. The van der Waals surface area contributed by atoms with Gasteiger partial charge >= 0.3 is 12.2 Å². The number of aliphatic imine (C=N–C) groups is 1. The summed E-state index contributed by atoms with van der Waals surface area (Å²) in [6.45, 7) is 6.56. The van der Waals surface area contributed by atoms with Crippen LogP contribution in [0, 0.1) is 19.8 Å². The lowest BCUT2D eigenvalue weighted by Crippen LogP contribution is -2.46. The highest BCUT2D eigenvalue weighted by Crippen LogP contribution is 2.24. The summed E-state index contributed by atoms with van der Waals surface area (Å²) in [4.78, 5) is 70.0. The van der Waals surface area contributed by atoms with Crippen molar-refractivity contribution < 1.29 is 38.6 Å². The van der Waals surface area contributed by atoms with Crippen LogP contribution in [0.1, 0.15) is 53.6 Å². The summed E-state index contributed by atoms with van der Waals surface area (Å²) < 4.78 is 10.7. The number of carbonyl (C=O) groups excluding carboxylic acids is 5. The minimum Gasteiger partial charge on any atom is -0.508 e. The highest BCUT2D eigenvalue weighted by molar-refractivity contribution is 6.02. The molecule has 0 aliphatic rings. The first kappa shape index (κ1) is 42.2. The molecule has 0 bridgehead atoms. The van der Waals surface area contributed by atoms with Gasteiger partial charge in [0.25, 0.3) is 0 Å². The molecule has 56 heavy (non-hydrogen) atoms. The largest absolute Gasteiger partial charge is 0.508 e. The van der Waals surface area contributed by atoms with E-state index in [0.717, 1.165) is 16.7 Å². The zero-order valence-corrected chi connectivity index (χ0v) is 32.0. The molecule has 5 N–H and O–H groups in total. The third-order valence-electron chi connectivity index (χ3n) is 8.81. The maximum Gasteiger partial charge on any atom is 0.414 e. The van der Waals surface area contributed by atoms with E-state index in [4.69, 9.17) is 9.47 Å². The van der Waals surface area contributed by atoms with Crippen molar-refractivity contribution in [2.45, 2.75) is 72.3 Å². The Morgan fingerprint density at radius 1 is 0.714 bits per heavy atom. The van der Waals surface area contributed by atoms with E-state index in [-0.39, 0.29) is 50.3 Å². The van der Waals surface area contributed by atoms with Crippen LogP contribution in [-0.4, -0.2) is 59.5 Å². The van der Waals surface area contributed by atoms with Crippen LogP contribution in [0.5, 0.6) is 5.75 Å². The molecule has 13 nitrogen and oxygen atoms in total. The van der Waals surface area contributed by atoms with E-state index >= 15 is 0 Å². The fraction of sp³-hybridized carbons (Fsp3) is 0.302. The van der Waals surface area contributed by atoms with Gasteiger partial charge in [0.15, 0.2) is 5.78 Å². The number of benzene rings is 4. The normalized spacial score (nSPS) is 12.2. The van der Waals surface area contributed by atoms with Gasteiger partial charge in [-0.15, -0.1) is 0 Å². The topological polar surface area (TPSA) is 185 Å². The van der Waals surface area contributed by atoms with Gasteiger partial charge in [0.2, 0.25) is 17.8 Å². The Hall–Kier alpha value is -6.50. The molecule has 0 unspecified atom stereocenters. The highest BCUT2D eigenvalue weighted by atomic mass is 16.6.